The average Bonchev–Trinajstić information content (AvgIpc) is 3.75. The van der Waals surface area contributed by atoms with Crippen LogP contribution in [-0.2, 0) is 24.2 Å². The maximum absolute atomic E-state index is 13.7. The number of hydroxylamine groups is 2. The Balaban J connectivity index is 1.29. The van der Waals surface area contributed by atoms with Gasteiger partial charge in [0.25, 0.3) is 5.91 Å². The van der Waals surface area contributed by atoms with Crippen LogP contribution in [0.5, 0.6) is 0 Å². The number of aromatic amines is 1. The number of imidazole rings is 1. The van der Waals surface area contributed by atoms with Gasteiger partial charge in [-0.15, -0.1) is 10.2 Å². The van der Waals surface area contributed by atoms with Gasteiger partial charge in [0.2, 0.25) is 12.2 Å². The van der Waals surface area contributed by atoms with E-state index in [4.69, 9.17) is 4.98 Å². The molecule has 2 aromatic heterocycles. The van der Waals surface area contributed by atoms with E-state index < -0.39 is 6.04 Å². The molecule has 0 saturated carbocycles. The third-order valence-corrected chi connectivity index (χ3v) is 8.17. The van der Waals surface area contributed by atoms with Crippen molar-refractivity contribution in [3.8, 4) is 22.5 Å². The number of fused-ring (bicyclic) bond motifs is 1. The lowest BCUT2D eigenvalue weighted by atomic mass is 9.98. The van der Waals surface area contributed by atoms with Crippen molar-refractivity contribution >= 4 is 23.4 Å². The van der Waals surface area contributed by atoms with Gasteiger partial charge in [-0.2, -0.15) is 5.21 Å². The van der Waals surface area contributed by atoms with Crippen molar-refractivity contribution in [2.45, 2.75) is 45.7 Å². The van der Waals surface area contributed by atoms with E-state index in [0.29, 0.717) is 35.8 Å². The Morgan fingerprint density at radius 2 is 1.74 bits per heavy atom. The van der Waals surface area contributed by atoms with Crippen molar-refractivity contribution in [2.24, 2.45) is 0 Å². The Labute approximate surface area is 272 Å². The zero-order chi connectivity index (χ0) is 32.8. The normalized spacial score (nSPS) is 11.8. The average molecular weight is 629 g/mol. The molecule has 0 spiro atoms. The zero-order valence-corrected chi connectivity index (χ0v) is 26.3. The summed E-state index contributed by atoms with van der Waals surface area (Å²) in [5.41, 5.74) is 8.13. The molecule has 0 aliphatic heterocycles. The lowest BCUT2D eigenvalue weighted by Gasteiger charge is -2.22. The fourth-order valence-electron chi connectivity index (χ4n) is 5.94. The first-order valence-electron chi connectivity index (χ1n) is 15.6. The Hall–Kier alpha value is -5.68. The Kier molecular flexibility index (Phi) is 9.44. The number of H-pyrrole nitrogens is 1. The summed E-state index contributed by atoms with van der Waals surface area (Å²) in [6.45, 7) is 4.63. The van der Waals surface area contributed by atoms with Crippen LogP contribution in [0.1, 0.15) is 46.2 Å². The van der Waals surface area contributed by atoms with Gasteiger partial charge < -0.3 is 9.88 Å². The lowest BCUT2D eigenvalue weighted by Crippen LogP contribution is -2.44. The van der Waals surface area contributed by atoms with E-state index in [1.54, 1.807) is 0 Å². The first-order valence-corrected chi connectivity index (χ1v) is 15.6. The molecule has 0 fully saturated rings. The lowest BCUT2D eigenvalue weighted by molar-refractivity contribution is -0.150. The third kappa shape index (κ3) is 7.10. The molecule has 6 rings (SSSR count). The van der Waals surface area contributed by atoms with Crippen LogP contribution < -0.4 is 5.32 Å². The second kappa shape index (κ2) is 14.2. The van der Waals surface area contributed by atoms with Crippen molar-refractivity contribution < 1.29 is 14.8 Å². The number of hydrogen-bond acceptors (Lipinski definition) is 7. The van der Waals surface area contributed by atoms with Crippen LogP contribution in [0.15, 0.2) is 91.0 Å². The number of aromatic nitrogens is 6. The molecule has 0 unspecified atom stereocenters. The maximum Gasteiger partial charge on any atom is 0.251 e. The number of nitrogens with one attached hydrogen (secondary N) is 2. The number of carbonyl (C=O) groups is 2. The highest BCUT2D eigenvalue weighted by molar-refractivity contribution is 5.98. The Morgan fingerprint density at radius 1 is 1.00 bits per heavy atom. The molecule has 2 amide bonds. The van der Waals surface area contributed by atoms with Gasteiger partial charge >= 0.3 is 0 Å². The van der Waals surface area contributed by atoms with Crippen molar-refractivity contribution in [1.82, 2.24) is 40.6 Å². The Bertz CT molecular complexity index is 1970. The number of aryl methyl sites for hydroxylation is 2. The molecule has 11 nitrogen and oxygen atoms in total. The monoisotopic (exact) mass is 628 g/mol. The molecule has 47 heavy (non-hydrogen) atoms. The highest BCUT2D eigenvalue weighted by Gasteiger charge is 2.20. The highest BCUT2D eigenvalue weighted by atomic mass is 16.5. The van der Waals surface area contributed by atoms with E-state index in [0.717, 1.165) is 63.1 Å². The van der Waals surface area contributed by atoms with Gasteiger partial charge in [-0.25, -0.2) is 10.0 Å². The summed E-state index contributed by atoms with van der Waals surface area (Å²) in [7, 11) is 0. The first-order chi connectivity index (χ1) is 22.9. The summed E-state index contributed by atoms with van der Waals surface area (Å²) >= 11 is 0. The smallest absolute Gasteiger partial charge is 0.251 e. The van der Waals surface area contributed by atoms with Gasteiger partial charge in [0.1, 0.15) is 5.82 Å². The predicted molar refractivity (Wildman–Crippen MR) is 179 cm³/mol. The third-order valence-electron chi connectivity index (χ3n) is 8.17. The van der Waals surface area contributed by atoms with Crippen LogP contribution in [0, 0.1) is 6.92 Å². The van der Waals surface area contributed by atoms with Crippen molar-refractivity contribution in [2.75, 3.05) is 6.54 Å². The highest BCUT2D eigenvalue weighted by Crippen LogP contribution is 2.30. The summed E-state index contributed by atoms with van der Waals surface area (Å²) in [4.78, 5) is 29.8. The minimum absolute atomic E-state index is 0.0421. The molecule has 1 atom stereocenters. The number of carbonyl (C=O) groups excluding carboxylic acids is 2. The van der Waals surface area contributed by atoms with Crippen molar-refractivity contribution in [3.05, 3.63) is 119 Å². The molecule has 0 saturated heterocycles. The van der Waals surface area contributed by atoms with Crippen molar-refractivity contribution in [3.63, 3.8) is 0 Å². The maximum atomic E-state index is 13.7. The van der Waals surface area contributed by atoms with Crippen LogP contribution in [0.25, 0.3) is 33.5 Å². The van der Waals surface area contributed by atoms with Gasteiger partial charge in [-0.3, -0.25) is 14.8 Å². The van der Waals surface area contributed by atoms with Crippen LogP contribution in [0.4, 0.5) is 0 Å². The summed E-state index contributed by atoms with van der Waals surface area (Å²) in [5.74, 6) is 1.21. The van der Waals surface area contributed by atoms with Gasteiger partial charge in [0.15, 0.2) is 0 Å². The van der Waals surface area contributed by atoms with E-state index in [1.807, 2.05) is 73.7 Å². The molecular weight excluding hydrogens is 592 g/mol. The van der Waals surface area contributed by atoms with E-state index in [-0.39, 0.29) is 12.5 Å². The molecule has 0 radical (unpaired) electrons. The minimum atomic E-state index is -0.500. The largest absolute Gasteiger partial charge is 0.347 e. The van der Waals surface area contributed by atoms with Gasteiger partial charge in [0.05, 0.1) is 23.6 Å². The van der Waals surface area contributed by atoms with E-state index in [9.17, 15) is 14.8 Å². The molecule has 2 heterocycles. The van der Waals surface area contributed by atoms with Crippen LogP contribution in [0.2, 0.25) is 0 Å². The first kappa shape index (κ1) is 31.3. The summed E-state index contributed by atoms with van der Waals surface area (Å²) in [6, 6.07) is 29.2. The molecule has 0 bridgehead atoms. The molecule has 4 aromatic carbocycles. The van der Waals surface area contributed by atoms with Gasteiger partial charge in [0, 0.05) is 24.1 Å². The fourth-order valence-corrected chi connectivity index (χ4v) is 5.94. The second-order valence-corrected chi connectivity index (χ2v) is 11.6. The molecular formula is C36H36N8O3. The van der Waals surface area contributed by atoms with Gasteiger partial charge in [-0.05, 0) is 64.9 Å². The van der Waals surface area contributed by atoms with E-state index >= 15 is 0 Å². The van der Waals surface area contributed by atoms with E-state index in [1.165, 1.54) is 0 Å². The molecule has 6 aromatic rings. The molecule has 0 aliphatic carbocycles. The molecule has 11 heteroatoms. The van der Waals surface area contributed by atoms with Gasteiger partial charge in [-0.1, -0.05) is 85.8 Å². The number of tetrazole rings is 1. The second-order valence-electron chi connectivity index (χ2n) is 11.6. The predicted octanol–water partition coefficient (Wildman–Crippen LogP) is 5.38. The zero-order valence-electron chi connectivity index (χ0n) is 26.3. The fraction of sp³-hybridized carbons (Fsp3) is 0.222. The molecule has 3 N–H and O–H groups in total. The number of benzene rings is 4. The summed E-state index contributed by atoms with van der Waals surface area (Å²) < 4.78 is 2.19. The topological polar surface area (TPSA) is 142 Å². The van der Waals surface area contributed by atoms with Crippen LogP contribution in [0.3, 0.4) is 0 Å². The number of amides is 2. The quantitative estimate of drug-likeness (QED) is 0.0886. The number of hydrogen-bond donors (Lipinski definition) is 3. The molecule has 238 valence electrons. The van der Waals surface area contributed by atoms with Crippen LogP contribution in [-0.4, -0.2) is 65.3 Å². The standard InChI is InChI=1S/C36H36N8O3/c1-3-9-33-38-34-24(2)18-28(36(46)37-29(22-43(47)23-45)19-25-10-5-4-6-11-25)20-32(34)44(33)21-26-14-16-27(17-15-26)30-12-7-8-13-31(30)35-39-41-42-40-35/h4-8,10-18,20,23,29,47H,3,9,19,21-22H2,1-2H3,(H,37,46)(H,39,40,41,42)/t29-/m1/s1. The number of rotatable bonds is 13. The summed E-state index contributed by atoms with van der Waals surface area (Å²) in [5, 5.41) is 28.1. The summed E-state index contributed by atoms with van der Waals surface area (Å²) in [6.07, 6.45) is 2.51. The van der Waals surface area contributed by atoms with E-state index in [2.05, 4.69) is 61.7 Å². The minimum Gasteiger partial charge on any atom is -0.347 e. The van der Waals surface area contributed by atoms with Crippen LogP contribution >= 0.6 is 0 Å². The SMILES string of the molecule is CCCc1nc2c(C)cc(C(=O)N[C@H](Cc3ccccc3)CN(O)C=O)cc2n1Cc1ccc(-c2ccccc2-c2nn[nH]n2)cc1. The van der Waals surface area contributed by atoms with Crippen molar-refractivity contribution in [1.29, 1.82) is 0 Å². The number of nitrogens with zero attached hydrogens (tertiary/aromatic N) is 6. The Morgan fingerprint density at radius 3 is 2.45 bits per heavy atom. The molecule has 0 aliphatic rings.